The Balaban J connectivity index is 2.57. The van der Waals surface area contributed by atoms with E-state index < -0.39 is 0 Å². The Morgan fingerprint density at radius 1 is 1.50 bits per heavy atom. The van der Waals surface area contributed by atoms with Crippen molar-refractivity contribution in [3.8, 4) is 0 Å². The SMILES string of the molecule is CC(=O)O[C@@H]1C=CO[C@H](C)[C@H]1C. The highest BCUT2D eigenvalue weighted by Gasteiger charge is 2.26. The number of esters is 1. The first-order valence-corrected chi connectivity index (χ1v) is 4.10. The first-order valence-electron chi connectivity index (χ1n) is 4.10. The summed E-state index contributed by atoms with van der Waals surface area (Å²) in [5.74, 6) is -0.0236. The van der Waals surface area contributed by atoms with Crippen LogP contribution in [0.25, 0.3) is 0 Å². The van der Waals surface area contributed by atoms with Gasteiger partial charge in [0.05, 0.1) is 6.26 Å². The summed E-state index contributed by atoms with van der Waals surface area (Å²) in [5.41, 5.74) is 0. The largest absolute Gasteiger partial charge is 0.498 e. The van der Waals surface area contributed by atoms with Crippen molar-refractivity contribution in [1.29, 1.82) is 0 Å². The second kappa shape index (κ2) is 3.61. The molecule has 0 amide bonds. The van der Waals surface area contributed by atoms with E-state index in [1.807, 2.05) is 13.8 Å². The molecule has 0 aromatic carbocycles. The maximum absolute atomic E-state index is 10.7. The maximum atomic E-state index is 10.7. The zero-order valence-corrected chi connectivity index (χ0v) is 7.61. The summed E-state index contributed by atoms with van der Waals surface area (Å²) in [6.07, 6.45) is 3.34. The van der Waals surface area contributed by atoms with Gasteiger partial charge in [0.25, 0.3) is 0 Å². The third-order valence-electron chi connectivity index (χ3n) is 2.12. The number of carbonyl (C=O) groups excluding carboxylic acids is 1. The summed E-state index contributed by atoms with van der Waals surface area (Å²) in [6.45, 7) is 5.38. The molecular formula is C9H14O3. The Morgan fingerprint density at radius 3 is 2.75 bits per heavy atom. The van der Waals surface area contributed by atoms with Gasteiger partial charge < -0.3 is 9.47 Å². The van der Waals surface area contributed by atoms with Crippen LogP contribution in [0.1, 0.15) is 20.8 Å². The van der Waals surface area contributed by atoms with Crippen molar-refractivity contribution in [1.82, 2.24) is 0 Å². The minimum atomic E-state index is -0.245. The predicted molar refractivity (Wildman–Crippen MR) is 44.4 cm³/mol. The topological polar surface area (TPSA) is 35.5 Å². The number of carbonyl (C=O) groups is 1. The second-order valence-corrected chi connectivity index (χ2v) is 3.10. The molecule has 3 atom stereocenters. The highest BCUT2D eigenvalue weighted by molar-refractivity contribution is 5.66. The monoisotopic (exact) mass is 170 g/mol. The molecule has 12 heavy (non-hydrogen) atoms. The fourth-order valence-electron chi connectivity index (χ4n) is 1.15. The van der Waals surface area contributed by atoms with Crippen LogP contribution < -0.4 is 0 Å². The van der Waals surface area contributed by atoms with Gasteiger partial charge in [-0.2, -0.15) is 0 Å². The average molecular weight is 170 g/mol. The molecule has 1 heterocycles. The van der Waals surface area contributed by atoms with Crippen molar-refractivity contribution in [2.24, 2.45) is 5.92 Å². The van der Waals surface area contributed by atoms with E-state index >= 15 is 0 Å². The minimum Gasteiger partial charge on any atom is -0.498 e. The molecular weight excluding hydrogens is 156 g/mol. The Kier molecular flexibility index (Phi) is 2.74. The molecule has 0 saturated carbocycles. The quantitative estimate of drug-likeness (QED) is 0.559. The van der Waals surface area contributed by atoms with Crippen LogP contribution in [0.2, 0.25) is 0 Å². The van der Waals surface area contributed by atoms with Crippen LogP contribution in [0.5, 0.6) is 0 Å². The molecule has 1 rings (SSSR count). The van der Waals surface area contributed by atoms with Crippen LogP contribution in [-0.4, -0.2) is 18.2 Å². The lowest BCUT2D eigenvalue weighted by molar-refractivity contribution is -0.148. The highest BCUT2D eigenvalue weighted by atomic mass is 16.5. The lowest BCUT2D eigenvalue weighted by Gasteiger charge is -2.29. The molecule has 0 saturated heterocycles. The van der Waals surface area contributed by atoms with Crippen LogP contribution in [0.15, 0.2) is 12.3 Å². The standard InChI is InChI=1S/C9H14O3/c1-6-7(2)11-5-4-9(6)12-8(3)10/h4-7,9H,1-3H3/t6-,7-,9-/m1/s1. The van der Waals surface area contributed by atoms with Crippen molar-refractivity contribution in [2.45, 2.75) is 33.0 Å². The molecule has 3 nitrogen and oxygen atoms in total. The normalized spacial score (nSPS) is 34.1. The molecule has 0 N–H and O–H groups in total. The second-order valence-electron chi connectivity index (χ2n) is 3.10. The van der Waals surface area contributed by atoms with Gasteiger partial charge >= 0.3 is 5.97 Å². The van der Waals surface area contributed by atoms with Gasteiger partial charge in [0.2, 0.25) is 0 Å². The van der Waals surface area contributed by atoms with Crippen molar-refractivity contribution < 1.29 is 14.3 Å². The van der Waals surface area contributed by atoms with Crippen LogP contribution in [0.4, 0.5) is 0 Å². The van der Waals surface area contributed by atoms with Crippen molar-refractivity contribution in [3.05, 3.63) is 12.3 Å². The van der Waals surface area contributed by atoms with E-state index in [9.17, 15) is 4.79 Å². The molecule has 0 aliphatic carbocycles. The Bertz CT molecular complexity index is 198. The first-order chi connectivity index (χ1) is 5.61. The zero-order chi connectivity index (χ0) is 9.14. The van der Waals surface area contributed by atoms with Crippen LogP contribution in [-0.2, 0) is 14.3 Å². The maximum Gasteiger partial charge on any atom is 0.303 e. The molecule has 0 aromatic heterocycles. The van der Waals surface area contributed by atoms with Crippen LogP contribution in [0, 0.1) is 5.92 Å². The molecule has 0 fully saturated rings. The molecule has 68 valence electrons. The first kappa shape index (κ1) is 9.10. The summed E-state index contributed by atoms with van der Waals surface area (Å²) in [4.78, 5) is 10.7. The lowest BCUT2D eigenvalue weighted by Crippen LogP contribution is -2.33. The van der Waals surface area contributed by atoms with E-state index in [1.54, 1.807) is 12.3 Å². The van der Waals surface area contributed by atoms with E-state index in [2.05, 4.69) is 0 Å². The zero-order valence-electron chi connectivity index (χ0n) is 7.61. The summed E-state index contributed by atoms with van der Waals surface area (Å²) < 4.78 is 10.3. The number of ether oxygens (including phenoxy) is 2. The van der Waals surface area contributed by atoms with E-state index in [-0.39, 0.29) is 24.1 Å². The van der Waals surface area contributed by atoms with Crippen LogP contribution >= 0.6 is 0 Å². The van der Waals surface area contributed by atoms with E-state index in [0.717, 1.165) is 0 Å². The van der Waals surface area contributed by atoms with E-state index in [1.165, 1.54) is 6.92 Å². The van der Waals surface area contributed by atoms with Gasteiger partial charge in [-0.1, -0.05) is 6.92 Å². The molecule has 0 spiro atoms. The molecule has 1 aliphatic rings. The Labute approximate surface area is 72.4 Å². The van der Waals surface area contributed by atoms with Gasteiger partial charge in [0.15, 0.2) is 0 Å². The molecule has 0 unspecified atom stereocenters. The van der Waals surface area contributed by atoms with Crippen molar-refractivity contribution >= 4 is 5.97 Å². The smallest absolute Gasteiger partial charge is 0.303 e. The summed E-state index contributed by atoms with van der Waals surface area (Å²) >= 11 is 0. The van der Waals surface area contributed by atoms with Crippen LogP contribution in [0.3, 0.4) is 0 Å². The average Bonchev–Trinajstić information content (AvgIpc) is 1.98. The summed E-state index contributed by atoms with van der Waals surface area (Å²) in [5, 5.41) is 0. The molecule has 0 aromatic rings. The fourth-order valence-corrected chi connectivity index (χ4v) is 1.15. The van der Waals surface area contributed by atoms with Crippen molar-refractivity contribution in [3.63, 3.8) is 0 Å². The Hall–Kier alpha value is -0.990. The van der Waals surface area contributed by atoms with Gasteiger partial charge in [-0.3, -0.25) is 4.79 Å². The molecule has 3 heteroatoms. The predicted octanol–water partition coefficient (Wildman–Crippen LogP) is 1.49. The molecule has 0 bridgehead atoms. The van der Waals surface area contributed by atoms with E-state index in [4.69, 9.17) is 9.47 Å². The van der Waals surface area contributed by atoms with E-state index in [0.29, 0.717) is 0 Å². The van der Waals surface area contributed by atoms with Crippen molar-refractivity contribution in [2.75, 3.05) is 0 Å². The summed E-state index contributed by atoms with van der Waals surface area (Å²) in [6, 6.07) is 0. The Morgan fingerprint density at radius 2 is 2.17 bits per heavy atom. The lowest BCUT2D eigenvalue weighted by atomic mass is 9.97. The van der Waals surface area contributed by atoms with Gasteiger partial charge in [0, 0.05) is 12.8 Å². The van der Waals surface area contributed by atoms with Gasteiger partial charge in [-0.15, -0.1) is 0 Å². The molecule has 0 radical (unpaired) electrons. The number of hydrogen-bond acceptors (Lipinski definition) is 3. The number of hydrogen-bond donors (Lipinski definition) is 0. The third kappa shape index (κ3) is 2.00. The minimum absolute atomic E-state index is 0.111. The van der Waals surface area contributed by atoms with Gasteiger partial charge in [0.1, 0.15) is 12.2 Å². The van der Waals surface area contributed by atoms with Gasteiger partial charge in [-0.05, 0) is 13.0 Å². The highest BCUT2D eigenvalue weighted by Crippen LogP contribution is 2.20. The van der Waals surface area contributed by atoms with Gasteiger partial charge in [-0.25, -0.2) is 0 Å². The molecule has 1 aliphatic heterocycles. The third-order valence-corrected chi connectivity index (χ3v) is 2.12. The fraction of sp³-hybridized carbons (Fsp3) is 0.667. The number of rotatable bonds is 1. The summed E-state index contributed by atoms with van der Waals surface area (Å²) in [7, 11) is 0.